The predicted molar refractivity (Wildman–Crippen MR) is 104 cm³/mol. The molecule has 136 valence electrons. The Bertz CT molecular complexity index is 1010. The van der Waals surface area contributed by atoms with Crippen LogP contribution in [0.15, 0.2) is 46.0 Å². The SMILES string of the molecule is C[C@H](NC(=O)Nc1cnc(Br)cc1Br)c1ncnn1-c1ccc(C#N)cn1. The zero-order valence-electron chi connectivity index (χ0n) is 13.9. The van der Waals surface area contributed by atoms with Crippen molar-refractivity contribution in [2.75, 3.05) is 5.32 Å². The van der Waals surface area contributed by atoms with E-state index in [2.05, 4.69) is 62.5 Å². The largest absolute Gasteiger partial charge is 0.328 e. The van der Waals surface area contributed by atoms with Crippen molar-refractivity contribution in [1.29, 1.82) is 5.26 Å². The zero-order valence-corrected chi connectivity index (χ0v) is 17.1. The molecule has 0 spiro atoms. The quantitative estimate of drug-likeness (QED) is 0.540. The second kappa shape index (κ2) is 8.24. The number of nitrogens with zero attached hydrogens (tertiary/aromatic N) is 6. The number of pyridine rings is 2. The number of hydrogen-bond donors (Lipinski definition) is 2. The molecule has 2 amide bonds. The molecule has 3 rings (SSSR count). The number of hydrogen-bond acceptors (Lipinski definition) is 6. The van der Waals surface area contributed by atoms with Gasteiger partial charge in [-0.1, -0.05) is 0 Å². The molecule has 3 aromatic heterocycles. The number of urea groups is 1. The fourth-order valence-corrected chi connectivity index (χ4v) is 3.28. The Morgan fingerprint density at radius 1 is 1.26 bits per heavy atom. The van der Waals surface area contributed by atoms with E-state index < -0.39 is 12.1 Å². The van der Waals surface area contributed by atoms with Gasteiger partial charge in [-0.3, -0.25) is 0 Å². The van der Waals surface area contributed by atoms with Crippen LogP contribution in [0.4, 0.5) is 10.5 Å². The van der Waals surface area contributed by atoms with E-state index in [1.807, 2.05) is 6.07 Å². The Labute approximate surface area is 171 Å². The van der Waals surface area contributed by atoms with Crippen molar-refractivity contribution in [2.45, 2.75) is 13.0 Å². The fraction of sp³-hybridized carbons (Fsp3) is 0.125. The molecule has 27 heavy (non-hydrogen) atoms. The Morgan fingerprint density at radius 2 is 2.07 bits per heavy atom. The molecule has 0 radical (unpaired) electrons. The van der Waals surface area contributed by atoms with Gasteiger partial charge in [0.1, 0.15) is 17.0 Å². The van der Waals surface area contributed by atoms with E-state index in [4.69, 9.17) is 5.26 Å². The molecule has 3 aromatic rings. The minimum Gasteiger partial charge on any atom is -0.328 e. The number of halogens is 2. The number of carbonyl (C=O) groups is 1. The van der Waals surface area contributed by atoms with Gasteiger partial charge in [0.05, 0.1) is 23.5 Å². The maximum atomic E-state index is 12.3. The molecule has 0 saturated heterocycles. The lowest BCUT2D eigenvalue weighted by atomic mass is 10.3. The van der Waals surface area contributed by atoms with E-state index in [0.29, 0.717) is 32.0 Å². The van der Waals surface area contributed by atoms with Crippen molar-refractivity contribution < 1.29 is 4.79 Å². The summed E-state index contributed by atoms with van der Waals surface area (Å²) < 4.78 is 2.84. The van der Waals surface area contributed by atoms with Crippen LogP contribution < -0.4 is 10.6 Å². The number of nitriles is 1. The summed E-state index contributed by atoms with van der Waals surface area (Å²) in [4.78, 5) is 24.8. The lowest BCUT2D eigenvalue weighted by molar-refractivity contribution is 0.248. The molecule has 9 nitrogen and oxygen atoms in total. The first-order chi connectivity index (χ1) is 13.0. The van der Waals surface area contributed by atoms with E-state index in [0.717, 1.165) is 0 Å². The van der Waals surface area contributed by atoms with Gasteiger partial charge >= 0.3 is 6.03 Å². The summed E-state index contributed by atoms with van der Waals surface area (Å²) in [6.07, 6.45) is 4.35. The van der Waals surface area contributed by atoms with E-state index in [-0.39, 0.29) is 0 Å². The lowest BCUT2D eigenvalue weighted by Crippen LogP contribution is -2.32. The van der Waals surface area contributed by atoms with E-state index in [1.54, 1.807) is 25.1 Å². The molecular weight excluding hydrogens is 480 g/mol. The van der Waals surface area contributed by atoms with E-state index >= 15 is 0 Å². The first-order valence-corrected chi connectivity index (χ1v) is 9.21. The summed E-state index contributed by atoms with van der Waals surface area (Å²) in [7, 11) is 0. The van der Waals surface area contributed by atoms with Gasteiger partial charge < -0.3 is 10.6 Å². The number of nitrogens with one attached hydrogen (secondary N) is 2. The van der Waals surface area contributed by atoms with Crippen LogP contribution in [0, 0.1) is 11.3 Å². The molecule has 0 aliphatic carbocycles. The number of carbonyl (C=O) groups excluding carboxylic acids is 1. The molecule has 2 N–H and O–H groups in total. The highest BCUT2D eigenvalue weighted by Gasteiger charge is 2.18. The Morgan fingerprint density at radius 3 is 2.74 bits per heavy atom. The smallest absolute Gasteiger partial charge is 0.319 e. The summed E-state index contributed by atoms with van der Waals surface area (Å²) in [5, 5.41) is 18.5. The summed E-state index contributed by atoms with van der Waals surface area (Å²) in [5.41, 5.74) is 0.970. The van der Waals surface area contributed by atoms with Crippen LogP contribution in [0.5, 0.6) is 0 Å². The molecule has 0 fully saturated rings. The Kier molecular flexibility index (Phi) is 5.78. The topological polar surface area (TPSA) is 121 Å². The molecule has 1 atom stereocenters. The van der Waals surface area contributed by atoms with Crippen LogP contribution in [0.2, 0.25) is 0 Å². The average Bonchev–Trinajstić information content (AvgIpc) is 3.14. The van der Waals surface area contributed by atoms with Gasteiger partial charge in [0.25, 0.3) is 0 Å². The van der Waals surface area contributed by atoms with Gasteiger partial charge in [-0.2, -0.15) is 15.0 Å². The molecule has 3 heterocycles. The molecule has 11 heteroatoms. The van der Waals surface area contributed by atoms with Crippen molar-refractivity contribution in [3.8, 4) is 11.9 Å². The second-order valence-corrected chi connectivity index (χ2v) is 7.02. The summed E-state index contributed by atoms with van der Waals surface area (Å²) in [5.74, 6) is 0.991. The highest BCUT2D eigenvalue weighted by Crippen LogP contribution is 2.24. The normalized spacial score (nSPS) is 11.5. The standard InChI is InChI=1S/C16H12Br2N8O/c1-9(24-16(27)25-12-7-20-13(18)4-11(12)17)15-22-8-23-26(15)14-3-2-10(5-19)6-21-14/h2-4,6-9H,1H3,(H2,24,25,27)/t9-/m0/s1. The van der Waals surface area contributed by atoms with Crippen LogP contribution >= 0.6 is 31.9 Å². The third-order valence-electron chi connectivity index (χ3n) is 3.47. The summed E-state index contributed by atoms with van der Waals surface area (Å²) >= 11 is 6.62. The third-order valence-corrected chi connectivity index (χ3v) is 4.56. The van der Waals surface area contributed by atoms with Crippen molar-refractivity contribution in [1.82, 2.24) is 30.0 Å². The van der Waals surface area contributed by atoms with Crippen molar-refractivity contribution >= 4 is 43.6 Å². The molecule has 0 saturated carbocycles. The van der Waals surface area contributed by atoms with Crippen molar-refractivity contribution in [3.63, 3.8) is 0 Å². The third kappa shape index (κ3) is 4.47. The highest BCUT2D eigenvalue weighted by atomic mass is 79.9. The first-order valence-electron chi connectivity index (χ1n) is 7.63. The number of amides is 2. The highest BCUT2D eigenvalue weighted by molar-refractivity contribution is 9.11. The first kappa shape index (κ1) is 18.9. The molecular formula is C16H12Br2N8O. The fourth-order valence-electron chi connectivity index (χ4n) is 2.22. The van der Waals surface area contributed by atoms with Crippen LogP contribution in [0.25, 0.3) is 5.82 Å². The Balaban J connectivity index is 1.73. The van der Waals surface area contributed by atoms with Gasteiger partial charge in [0.15, 0.2) is 11.6 Å². The molecule has 0 aliphatic heterocycles. The maximum absolute atomic E-state index is 12.3. The van der Waals surface area contributed by atoms with Gasteiger partial charge in [-0.15, -0.1) is 0 Å². The lowest BCUT2D eigenvalue weighted by Gasteiger charge is -2.15. The van der Waals surface area contributed by atoms with Crippen molar-refractivity contribution in [3.05, 3.63) is 57.4 Å². The number of aromatic nitrogens is 5. The summed E-state index contributed by atoms with van der Waals surface area (Å²) in [6, 6.07) is 6.16. The minimum atomic E-state index is -0.452. The second-order valence-electron chi connectivity index (χ2n) is 5.35. The minimum absolute atomic E-state index is 0.422. The van der Waals surface area contributed by atoms with Crippen LogP contribution in [0.1, 0.15) is 24.4 Å². The summed E-state index contributed by atoms with van der Waals surface area (Å²) in [6.45, 7) is 1.78. The maximum Gasteiger partial charge on any atom is 0.319 e. The van der Waals surface area contributed by atoms with Gasteiger partial charge in [0, 0.05) is 10.7 Å². The number of anilines is 1. The van der Waals surface area contributed by atoms with Gasteiger partial charge in [0.2, 0.25) is 0 Å². The molecule has 0 aromatic carbocycles. The number of rotatable bonds is 4. The molecule has 0 aliphatic rings. The monoisotopic (exact) mass is 490 g/mol. The van der Waals surface area contributed by atoms with E-state index in [1.165, 1.54) is 23.4 Å². The van der Waals surface area contributed by atoms with Gasteiger partial charge in [-0.05, 0) is 57.0 Å². The van der Waals surface area contributed by atoms with Gasteiger partial charge in [-0.25, -0.2) is 19.7 Å². The zero-order chi connectivity index (χ0) is 19.4. The van der Waals surface area contributed by atoms with Crippen LogP contribution in [-0.2, 0) is 0 Å². The molecule has 0 bridgehead atoms. The Hall–Kier alpha value is -2.84. The predicted octanol–water partition coefficient (Wildman–Crippen LogP) is 3.34. The van der Waals surface area contributed by atoms with Crippen LogP contribution in [-0.4, -0.2) is 30.8 Å². The van der Waals surface area contributed by atoms with E-state index in [9.17, 15) is 4.79 Å². The van der Waals surface area contributed by atoms with Crippen molar-refractivity contribution in [2.24, 2.45) is 0 Å². The molecule has 0 unspecified atom stereocenters. The van der Waals surface area contributed by atoms with Crippen LogP contribution in [0.3, 0.4) is 0 Å². The average molecular weight is 492 g/mol.